The predicted octanol–water partition coefficient (Wildman–Crippen LogP) is 3.97. The minimum atomic E-state index is -0.580. The maximum Gasteiger partial charge on any atom is 0.338 e. The highest BCUT2D eigenvalue weighted by molar-refractivity contribution is 5.89. The van der Waals surface area contributed by atoms with Gasteiger partial charge in [0.25, 0.3) is 0 Å². The number of β-amino-alcohol motifs (C(OH)–C–C–N with tert-alkyl or cyclic N) is 1. The van der Waals surface area contributed by atoms with Gasteiger partial charge in [0.1, 0.15) is 24.2 Å². The summed E-state index contributed by atoms with van der Waals surface area (Å²) in [5.74, 6) is 1.64. The largest absolute Gasteiger partial charge is 0.497 e. The van der Waals surface area contributed by atoms with Crippen LogP contribution >= 0.6 is 0 Å². The summed E-state index contributed by atoms with van der Waals surface area (Å²) in [5.41, 5.74) is 2.97. The Morgan fingerprint density at radius 1 is 1.15 bits per heavy atom. The molecule has 0 bridgehead atoms. The van der Waals surface area contributed by atoms with Gasteiger partial charge >= 0.3 is 5.97 Å². The SMILES string of the molecule is CCOC(=O)c1ccc(OCC(O)CN2CCC(c3c[nH]c4ccc(OC)cc34)CC2)cc1. The second-order valence-corrected chi connectivity index (χ2v) is 8.44. The Balaban J connectivity index is 1.24. The number of likely N-dealkylation sites (tertiary alicyclic amines) is 1. The Morgan fingerprint density at radius 2 is 1.88 bits per heavy atom. The smallest absolute Gasteiger partial charge is 0.338 e. The topological polar surface area (TPSA) is 84.0 Å². The van der Waals surface area contributed by atoms with Crippen LogP contribution in [0.2, 0.25) is 0 Å². The lowest BCUT2D eigenvalue weighted by molar-refractivity contribution is 0.0525. The Hall–Kier alpha value is -3.03. The summed E-state index contributed by atoms with van der Waals surface area (Å²) in [7, 11) is 1.69. The maximum atomic E-state index is 11.7. The first-order chi connectivity index (χ1) is 16.1. The van der Waals surface area contributed by atoms with Crippen molar-refractivity contribution < 1.29 is 24.1 Å². The number of aliphatic hydroxyl groups is 1. The van der Waals surface area contributed by atoms with Gasteiger partial charge < -0.3 is 29.2 Å². The van der Waals surface area contributed by atoms with Gasteiger partial charge in [-0.05, 0) is 86.8 Å². The van der Waals surface area contributed by atoms with Crippen molar-refractivity contribution in [3.63, 3.8) is 0 Å². The van der Waals surface area contributed by atoms with E-state index in [1.807, 2.05) is 6.07 Å². The van der Waals surface area contributed by atoms with Gasteiger partial charge in [0, 0.05) is 23.6 Å². The van der Waals surface area contributed by atoms with E-state index in [2.05, 4.69) is 28.2 Å². The summed E-state index contributed by atoms with van der Waals surface area (Å²) in [6.45, 7) is 4.78. The van der Waals surface area contributed by atoms with Crippen molar-refractivity contribution in [3.05, 3.63) is 59.8 Å². The highest BCUT2D eigenvalue weighted by Gasteiger charge is 2.24. The van der Waals surface area contributed by atoms with Crippen molar-refractivity contribution in [1.29, 1.82) is 0 Å². The van der Waals surface area contributed by atoms with Crippen LogP contribution < -0.4 is 9.47 Å². The van der Waals surface area contributed by atoms with Crippen LogP contribution in [-0.4, -0.2) is 67.0 Å². The number of fused-ring (bicyclic) bond motifs is 1. The molecule has 2 N–H and O–H groups in total. The van der Waals surface area contributed by atoms with Gasteiger partial charge in [-0.2, -0.15) is 0 Å². The van der Waals surface area contributed by atoms with E-state index in [4.69, 9.17) is 14.2 Å². The lowest BCUT2D eigenvalue weighted by Crippen LogP contribution is -2.40. The Labute approximate surface area is 194 Å². The number of carbonyl (C=O) groups excluding carboxylic acids is 1. The number of carbonyl (C=O) groups is 1. The van der Waals surface area contributed by atoms with Gasteiger partial charge in [0.15, 0.2) is 0 Å². The summed E-state index contributed by atoms with van der Waals surface area (Å²) in [6.07, 6.45) is 3.64. The molecule has 2 aromatic carbocycles. The minimum Gasteiger partial charge on any atom is -0.497 e. The number of rotatable bonds is 9. The first-order valence-electron chi connectivity index (χ1n) is 11.5. The van der Waals surface area contributed by atoms with Crippen LogP contribution in [0.5, 0.6) is 11.5 Å². The fraction of sp³-hybridized carbons (Fsp3) is 0.423. The standard InChI is InChI=1S/C26H32N2O5/c1-3-32-26(30)19-4-6-21(7-5-19)33-17-20(29)16-28-12-10-18(11-13-28)24-15-27-25-9-8-22(31-2)14-23(24)25/h4-9,14-15,18,20,27,29H,3,10-13,16-17H2,1-2H3. The second-order valence-electron chi connectivity index (χ2n) is 8.44. The molecule has 33 heavy (non-hydrogen) atoms. The number of methoxy groups -OCH3 is 1. The molecule has 1 aliphatic heterocycles. The van der Waals surface area contributed by atoms with E-state index >= 15 is 0 Å². The van der Waals surface area contributed by atoms with Crippen molar-refractivity contribution in [2.75, 3.05) is 40.0 Å². The lowest BCUT2D eigenvalue weighted by Gasteiger charge is -2.33. The summed E-state index contributed by atoms with van der Waals surface area (Å²) in [6, 6.07) is 12.9. The van der Waals surface area contributed by atoms with Gasteiger partial charge in [-0.25, -0.2) is 4.79 Å². The molecule has 0 amide bonds. The number of esters is 1. The summed E-state index contributed by atoms with van der Waals surface area (Å²) in [4.78, 5) is 17.4. The number of piperidine rings is 1. The second kappa shape index (κ2) is 10.7. The van der Waals surface area contributed by atoms with E-state index in [9.17, 15) is 9.90 Å². The molecule has 1 atom stereocenters. The third kappa shape index (κ3) is 5.67. The summed E-state index contributed by atoms with van der Waals surface area (Å²) >= 11 is 0. The first-order valence-corrected chi connectivity index (χ1v) is 11.5. The van der Waals surface area contributed by atoms with Gasteiger partial charge in [-0.1, -0.05) is 0 Å². The molecule has 1 saturated heterocycles. The highest BCUT2D eigenvalue weighted by Crippen LogP contribution is 2.34. The first kappa shape index (κ1) is 23.1. The van der Waals surface area contributed by atoms with E-state index in [0.717, 1.165) is 37.2 Å². The fourth-order valence-electron chi connectivity index (χ4n) is 4.46. The quantitative estimate of drug-likeness (QED) is 0.478. The van der Waals surface area contributed by atoms with E-state index in [0.29, 0.717) is 30.4 Å². The number of aliphatic hydroxyl groups excluding tert-OH is 1. The molecule has 4 rings (SSSR count). The number of hydrogen-bond donors (Lipinski definition) is 2. The van der Waals surface area contributed by atoms with E-state index in [1.165, 1.54) is 10.9 Å². The summed E-state index contributed by atoms with van der Waals surface area (Å²) in [5, 5.41) is 11.7. The number of nitrogens with one attached hydrogen (secondary N) is 1. The van der Waals surface area contributed by atoms with Gasteiger partial charge in [-0.3, -0.25) is 0 Å². The molecule has 1 fully saturated rings. The van der Waals surface area contributed by atoms with Crippen LogP contribution in [0.4, 0.5) is 0 Å². The van der Waals surface area contributed by atoms with Crippen molar-refractivity contribution >= 4 is 16.9 Å². The van der Waals surface area contributed by atoms with Crippen LogP contribution in [0.3, 0.4) is 0 Å². The van der Waals surface area contributed by atoms with Crippen LogP contribution in [0.25, 0.3) is 10.9 Å². The zero-order valence-corrected chi connectivity index (χ0v) is 19.3. The molecule has 1 aromatic heterocycles. The van der Waals surface area contributed by atoms with Crippen LogP contribution in [-0.2, 0) is 4.74 Å². The number of nitrogens with zero attached hydrogens (tertiary/aromatic N) is 1. The Bertz CT molecular complexity index is 1050. The van der Waals surface area contributed by atoms with Gasteiger partial charge in [0.2, 0.25) is 0 Å². The number of hydrogen-bond acceptors (Lipinski definition) is 6. The third-order valence-electron chi connectivity index (χ3n) is 6.23. The van der Waals surface area contributed by atoms with Crippen molar-refractivity contribution in [3.8, 4) is 11.5 Å². The molecule has 1 unspecified atom stereocenters. The highest BCUT2D eigenvalue weighted by atomic mass is 16.5. The monoisotopic (exact) mass is 452 g/mol. The molecule has 1 aliphatic rings. The zero-order valence-electron chi connectivity index (χ0n) is 19.3. The minimum absolute atomic E-state index is 0.209. The van der Waals surface area contributed by atoms with E-state index in [-0.39, 0.29) is 12.6 Å². The number of ether oxygens (including phenoxy) is 3. The maximum absolute atomic E-state index is 11.7. The average Bonchev–Trinajstić information content (AvgIpc) is 3.27. The van der Waals surface area contributed by atoms with E-state index in [1.54, 1.807) is 38.3 Å². The molecule has 0 radical (unpaired) electrons. The molecule has 0 spiro atoms. The third-order valence-corrected chi connectivity index (χ3v) is 6.23. The molecular formula is C26H32N2O5. The van der Waals surface area contributed by atoms with Crippen molar-refractivity contribution in [2.24, 2.45) is 0 Å². The molecule has 0 saturated carbocycles. The molecule has 176 valence electrons. The number of aromatic amines is 1. The fourth-order valence-corrected chi connectivity index (χ4v) is 4.46. The van der Waals surface area contributed by atoms with Gasteiger partial charge in [0.05, 0.1) is 19.3 Å². The van der Waals surface area contributed by atoms with Gasteiger partial charge in [-0.15, -0.1) is 0 Å². The van der Waals surface area contributed by atoms with Crippen LogP contribution in [0, 0.1) is 0 Å². The zero-order chi connectivity index (χ0) is 23.2. The molecule has 7 nitrogen and oxygen atoms in total. The molecule has 2 heterocycles. The average molecular weight is 453 g/mol. The predicted molar refractivity (Wildman–Crippen MR) is 127 cm³/mol. The van der Waals surface area contributed by atoms with Crippen molar-refractivity contribution in [2.45, 2.75) is 31.8 Å². The number of aromatic nitrogens is 1. The Kier molecular flexibility index (Phi) is 7.52. The van der Waals surface area contributed by atoms with Crippen LogP contribution in [0.15, 0.2) is 48.7 Å². The molecular weight excluding hydrogens is 420 g/mol. The number of H-pyrrole nitrogens is 1. The molecule has 3 aromatic rings. The molecule has 7 heteroatoms. The van der Waals surface area contributed by atoms with E-state index < -0.39 is 6.10 Å². The van der Waals surface area contributed by atoms with Crippen LogP contribution in [0.1, 0.15) is 41.6 Å². The number of benzene rings is 2. The summed E-state index contributed by atoms with van der Waals surface area (Å²) < 4.78 is 16.1. The normalized spacial score (nSPS) is 16.0. The lowest BCUT2D eigenvalue weighted by atomic mass is 9.89. The van der Waals surface area contributed by atoms with Crippen molar-refractivity contribution in [1.82, 2.24) is 9.88 Å². The molecule has 0 aliphatic carbocycles. The Morgan fingerprint density at radius 3 is 2.58 bits per heavy atom.